The van der Waals surface area contributed by atoms with Crippen LogP contribution < -0.4 is 4.72 Å². The Kier molecular flexibility index (Phi) is 1.87. The molecule has 1 aliphatic carbocycles. The summed E-state index contributed by atoms with van der Waals surface area (Å²) in [5.74, 6) is -1.73. The average Bonchev–Trinajstić information content (AvgIpc) is 2.40. The van der Waals surface area contributed by atoms with Crippen molar-refractivity contribution < 1.29 is 22.9 Å². The number of carbonyl (C=O) groups is 1. The van der Waals surface area contributed by atoms with E-state index in [9.17, 15) is 13.2 Å². The van der Waals surface area contributed by atoms with E-state index < -0.39 is 28.2 Å². The molecule has 7 heteroatoms. The maximum Gasteiger partial charge on any atom is 0.333 e. The van der Waals surface area contributed by atoms with E-state index in [1.165, 1.54) is 0 Å². The van der Waals surface area contributed by atoms with E-state index in [2.05, 4.69) is 0 Å². The molecule has 0 aliphatic heterocycles. The third-order valence-electron chi connectivity index (χ3n) is 1.41. The second-order valence-corrected chi connectivity index (χ2v) is 3.57. The van der Waals surface area contributed by atoms with Gasteiger partial charge in [-0.15, -0.1) is 0 Å². The van der Waals surface area contributed by atoms with Gasteiger partial charge in [0.25, 0.3) is 0 Å². The lowest BCUT2D eigenvalue weighted by molar-refractivity contribution is -0.138. The molecule has 0 aromatic heterocycles. The third kappa shape index (κ3) is 2.45. The van der Waals surface area contributed by atoms with Crippen molar-refractivity contribution in [3.8, 4) is 0 Å². The van der Waals surface area contributed by atoms with Crippen LogP contribution in [0.1, 0.15) is 6.42 Å². The van der Waals surface area contributed by atoms with Crippen molar-refractivity contribution >= 4 is 16.3 Å². The molecule has 0 saturated heterocycles. The summed E-state index contributed by atoms with van der Waals surface area (Å²) in [5, 5.41) is 8.30. The first-order chi connectivity index (χ1) is 4.90. The van der Waals surface area contributed by atoms with Crippen LogP contribution in [0.5, 0.6) is 0 Å². The fourth-order valence-corrected chi connectivity index (χ4v) is 1.43. The number of aliphatic carboxylic acids is 1. The minimum atomic E-state index is -4.24. The lowest BCUT2D eigenvalue weighted by Gasteiger charge is -1.95. The molecule has 0 bridgehead atoms. The summed E-state index contributed by atoms with van der Waals surface area (Å²) < 4.78 is 30.2. The fourth-order valence-electron chi connectivity index (χ4n) is 0.789. The van der Waals surface area contributed by atoms with Gasteiger partial charge in [0.2, 0.25) is 0 Å². The summed E-state index contributed by atoms with van der Waals surface area (Å²) in [7, 11) is -4.24. The van der Waals surface area contributed by atoms with Gasteiger partial charge in [-0.05, 0) is 6.42 Å². The van der Waals surface area contributed by atoms with E-state index in [4.69, 9.17) is 9.66 Å². The zero-order valence-electron chi connectivity index (χ0n) is 5.39. The molecule has 2 atom stereocenters. The van der Waals surface area contributed by atoms with Gasteiger partial charge < -0.3 is 5.11 Å². The van der Waals surface area contributed by atoms with Crippen molar-refractivity contribution in [3.63, 3.8) is 0 Å². The first-order valence-corrected chi connectivity index (χ1v) is 4.32. The summed E-state index contributed by atoms with van der Waals surface area (Å²) >= 11 is 0. The SMILES string of the molecule is O=C(O)C1CC1NS(=O)(=O)O. The number of carboxylic acids is 1. The minimum absolute atomic E-state index is 0.245. The van der Waals surface area contributed by atoms with Gasteiger partial charge in [0.1, 0.15) is 0 Å². The van der Waals surface area contributed by atoms with Crippen LogP contribution in [-0.2, 0) is 15.1 Å². The summed E-state index contributed by atoms with van der Waals surface area (Å²) in [6.45, 7) is 0. The van der Waals surface area contributed by atoms with Gasteiger partial charge in [-0.3, -0.25) is 9.35 Å². The van der Waals surface area contributed by atoms with Crippen LogP contribution in [0.25, 0.3) is 0 Å². The smallest absolute Gasteiger partial charge is 0.333 e. The van der Waals surface area contributed by atoms with Crippen LogP contribution >= 0.6 is 0 Å². The highest BCUT2D eigenvalue weighted by molar-refractivity contribution is 7.83. The predicted octanol–water partition coefficient (Wildman–Crippen LogP) is -1.15. The van der Waals surface area contributed by atoms with Crippen molar-refractivity contribution in [3.05, 3.63) is 0 Å². The van der Waals surface area contributed by atoms with E-state index in [-0.39, 0.29) is 6.42 Å². The first kappa shape index (κ1) is 8.44. The predicted molar refractivity (Wildman–Crippen MR) is 34.2 cm³/mol. The topological polar surface area (TPSA) is 104 Å². The van der Waals surface area contributed by atoms with Crippen LogP contribution in [0.4, 0.5) is 0 Å². The highest BCUT2D eigenvalue weighted by atomic mass is 32.2. The van der Waals surface area contributed by atoms with Crippen molar-refractivity contribution in [2.24, 2.45) is 5.92 Å². The Morgan fingerprint density at radius 1 is 1.55 bits per heavy atom. The Morgan fingerprint density at radius 3 is 2.36 bits per heavy atom. The van der Waals surface area contributed by atoms with Gasteiger partial charge in [-0.25, -0.2) is 0 Å². The maximum atomic E-state index is 10.1. The molecule has 0 amide bonds. The molecule has 64 valence electrons. The van der Waals surface area contributed by atoms with E-state index in [0.29, 0.717) is 0 Å². The maximum absolute atomic E-state index is 10.1. The Bertz CT molecular complexity index is 270. The lowest BCUT2D eigenvalue weighted by atomic mass is 10.4. The van der Waals surface area contributed by atoms with Crippen LogP contribution in [0, 0.1) is 5.92 Å². The number of hydrogen-bond donors (Lipinski definition) is 3. The highest BCUT2D eigenvalue weighted by Gasteiger charge is 2.45. The van der Waals surface area contributed by atoms with E-state index in [1.54, 1.807) is 4.72 Å². The minimum Gasteiger partial charge on any atom is -0.481 e. The standard InChI is InChI=1S/C4H7NO5S/c6-4(7)2-1-3(2)5-11(8,9)10/h2-3,5H,1H2,(H,6,7)(H,8,9,10). The quantitative estimate of drug-likeness (QED) is 0.477. The molecule has 0 spiro atoms. The summed E-state index contributed by atoms with van der Waals surface area (Å²) in [5.41, 5.74) is 0. The number of rotatable bonds is 3. The summed E-state index contributed by atoms with van der Waals surface area (Å²) in [4.78, 5) is 10.1. The zero-order valence-corrected chi connectivity index (χ0v) is 6.21. The van der Waals surface area contributed by atoms with Crippen LogP contribution in [0.3, 0.4) is 0 Å². The molecule has 1 saturated carbocycles. The van der Waals surface area contributed by atoms with Gasteiger partial charge >= 0.3 is 16.3 Å². The van der Waals surface area contributed by atoms with E-state index in [1.807, 2.05) is 0 Å². The van der Waals surface area contributed by atoms with Crippen molar-refractivity contribution in [2.45, 2.75) is 12.5 Å². The molecule has 2 unspecified atom stereocenters. The van der Waals surface area contributed by atoms with Crippen LogP contribution in [0.2, 0.25) is 0 Å². The van der Waals surface area contributed by atoms with E-state index in [0.717, 1.165) is 0 Å². The summed E-state index contributed by atoms with van der Waals surface area (Å²) in [6, 6.07) is -0.637. The monoisotopic (exact) mass is 181 g/mol. The molecule has 0 radical (unpaired) electrons. The highest BCUT2D eigenvalue weighted by Crippen LogP contribution is 2.30. The fraction of sp³-hybridized carbons (Fsp3) is 0.750. The lowest BCUT2D eigenvalue weighted by Crippen LogP contribution is -2.27. The molecule has 0 aromatic rings. The van der Waals surface area contributed by atoms with Gasteiger partial charge in [0.15, 0.2) is 0 Å². The van der Waals surface area contributed by atoms with Crippen molar-refractivity contribution in [1.29, 1.82) is 0 Å². The van der Waals surface area contributed by atoms with E-state index >= 15 is 0 Å². The van der Waals surface area contributed by atoms with Crippen molar-refractivity contribution in [1.82, 2.24) is 4.72 Å². The molecule has 1 aliphatic rings. The van der Waals surface area contributed by atoms with Crippen LogP contribution in [-0.4, -0.2) is 30.1 Å². The molecule has 0 aromatic carbocycles. The first-order valence-electron chi connectivity index (χ1n) is 2.87. The molecule has 6 nitrogen and oxygen atoms in total. The molecule has 1 rings (SSSR count). The Labute approximate surface area is 63.1 Å². The number of carboxylic acid groups (broad SMARTS) is 1. The third-order valence-corrected chi connectivity index (χ3v) is 2.01. The Morgan fingerprint density at radius 2 is 2.09 bits per heavy atom. The Balaban J connectivity index is 2.41. The van der Waals surface area contributed by atoms with Gasteiger partial charge in [0, 0.05) is 6.04 Å². The normalized spacial score (nSPS) is 29.9. The largest absolute Gasteiger partial charge is 0.481 e. The molecule has 0 heterocycles. The second kappa shape index (κ2) is 2.43. The number of nitrogens with one attached hydrogen (secondary N) is 1. The average molecular weight is 181 g/mol. The molecule has 11 heavy (non-hydrogen) atoms. The zero-order chi connectivity index (χ0) is 8.65. The molecule has 1 fully saturated rings. The summed E-state index contributed by atoms with van der Waals surface area (Å²) in [6.07, 6.45) is 0.245. The molecule has 3 N–H and O–H groups in total. The molecular formula is C4H7NO5S. The van der Waals surface area contributed by atoms with Crippen molar-refractivity contribution in [2.75, 3.05) is 0 Å². The van der Waals surface area contributed by atoms with Gasteiger partial charge in [0.05, 0.1) is 5.92 Å². The molecular weight excluding hydrogens is 174 g/mol. The van der Waals surface area contributed by atoms with Gasteiger partial charge in [-0.2, -0.15) is 13.1 Å². The second-order valence-electron chi connectivity index (χ2n) is 2.38. The van der Waals surface area contributed by atoms with Crippen LogP contribution in [0.15, 0.2) is 0 Å². The number of hydrogen-bond acceptors (Lipinski definition) is 3. The van der Waals surface area contributed by atoms with Gasteiger partial charge in [-0.1, -0.05) is 0 Å². The Hall–Kier alpha value is -0.660.